The van der Waals surface area contributed by atoms with E-state index in [4.69, 9.17) is 19.4 Å². The molecule has 4 nitrogen and oxygen atoms in total. The number of para-hydroxylation sites is 1. The fourth-order valence-electron chi connectivity index (χ4n) is 7.26. The molecule has 0 amide bonds. The number of nitrogens with zero attached hydrogens (tertiary/aromatic N) is 3. The maximum absolute atomic E-state index is 6.38. The minimum Gasteiger partial charge on any atom is -0.456 e. The van der Waals surface area contributed by atoms with Crippen LogP contribution in [0.1, 0.15) is 0 Å². The average Bonchev–Trinajstić information content (AvgIpc) is 3.59. The van der Waals surface area contributed by atoms with Crippen molar-refractivity contribution in [2.45, 2.75) is 0 Å². The summed E-state index contributed by atoms with van der Waals surface area (Å²) < 4.78 is 6.38. The zero-order chi connectivity index (χ0) is 33.7. The Labute approximate surface area is 294 Å². The SMILES string of the molecule is c1ccc(-c2ccc3c(ccc4cc(-c5nc(-c6ccccc6)nc(-c6c(-c7ccccc7)ccc7oc8ccccc8c67)n5)ccc43)c2)cc1. The fourth-order valence-corrected chi connectivity index (χ4v) is 7.26. The summed E-state index contributed by atoms with van der Waals surface area (Å²) in [6.45, 7) is 0. The van der Waals surface area contributed by atoms with E-state index in [0.29, 0.717) is 17.5 Å². The van der Waals surface area contributed by atoms with E-state index in [2.05, 4.69) is 121 Å². The molecule has 0 saturated heterocycles. The molecule has 0 bridgehead atoms. The minimum atomic E-state index is 0.599. The quantitative estimate of drug-likeness (QED) is 0.174. The Morgan fingerprint density at radius 2 is 0.882 bits per heavy atom. The van der Waals surface area contributed by atoms with E-state index in [1.54, 1.807) is 0 Å². The van der Waals surface area contributed by atoms with E-state index in [9.17, 15) is 0 Å². The number of aromatic nitrogens is 3. The van der Waals surface area contributed by atoms with Gasteiger partial charge in [0.25, 0.3) is 0 Å². The van der Waals surface area contributed by atoms with E-state index >= 15 is 0 Å². The van der Waals surface area contributed by atoms with E-state index < -0.39 is 0 Å². The van der Waals surface area contributed by atoms with Gasteiger partial charge in [0, 0.05) is 27.5 Å². The van der Waals surface area contributed by atoms with Crippen molar-refractivity contribution in [2.24, 2.45) is 0 Å². The summed E-state index contributed by atoms with van der Waals surface area (Å²) in [5, 5.41) is 6.75. The first kappa shape index (κ1) is 29.0. The molecule has 51 heavy (non-hydrogen) atoms. The first-order chi connectivity index (χ1) is 25.3. The lowest BCUT2D eigenvalue weighted by atomic mass is 9.94. The molecule has 2 heterocycles. The maximum atomic E-state index is 6.38. The summed E-state index contributed by atoms with van der Waals surface area (Å²) in [5.74, 6) is 1.83. The summed E-state index contributed by atoms with van der Waals surface area (Å²) in [6.07, 6.45) is 0. The highest BCUT2D eigenvalue weighted by molar-refractivity contribution is 6.15. The molecular formula is C47H29N3O. The minimum absolute atomic E-state index is 0.599. The highest BCUT2D eigenvalue weighted by Gasteiger charge is 2.22. The number of rotatable bonds is 5. The molecule has 8 aromatic carbocycles. The Morgan fingerprint density at radius 1 is 0.333 bits per heavy atom. The van der Waals surface area contributed by atoms with Crippen LogP contribution < -0.4 is 0 Å². The third-order valence-corrected chi connectivity index (χ3v) is 9.72. The van der Waals surface area contributed by atoms with Gasteiger partial charge in [0.2, 0.25) is 0 Å². The highest BCUT2D eigenvalue weighted by Crippen LogP contribution is 2.42. The van der Waals surface area contributed by atoms with Crippen LogP contribution in [0.5, 0.6) is 0 Å². The van der Waals surface area contributed by atoms with Crippen LogP contribution in [-0.2, 0) is 0 Å². The molecule has 0 radical (unpaired) electrons. The van der Waals surface area contributed by atoms with Crippen LogP contribution in [0.3, 0.4) is 0 Å². The first-order valence-electron chi connectivity index (χ1n) is 17.1. The van der Waals surface area contributed by atoms with Gasteiger partial charge in [-0.2, -0.15) is 0 Å². The van der Waals surface area contributed by atoms with Gasteiger partial charge in [-0.25, -0.2) is 15.0 Å². The zero-order valence-corrected chi connectivity index (χ0v) is 27.5. The number of hydrogen-bond acceptors (Lipinski definition) is 4. The molecule has 0 atom stereocenters. The lowest BCUT2D eigenvalue weighted by molar-refractivity contribution is 0.669. The molecule has 0 unspecified atom stereocenters. The van der Waals surface area contributed by atoms with Gasteiger partial charge < -0.3 is 4.42 Å². The molecule has 0 aliphatic carbocycles. The van der Waals surface area contributed by atoms with Gasteiger partial charge in [-0.3, -0.25) is 0 Å². The van der Waals surface area contributed by atoms with Crippen LogP contribution in [0.25, 0.3) is 99.9 Å². The number of hydrogen-bond donors (Lipinski definition) is 0. The molecule has 10 aromatic rings. The van der Waals surface area contributed by atoms with Gasteiger partial charge >= 0.3 is 0 Å². The van der Waals surface area contributed by atoms with E-state index in [-0.39, 0.29) is 0 Å². The van der Waals surface area contributed by atoms with E-state index in [0.717, 1.165) is 55.1 Å². The summed E-state index contributed by atoms with van der Waals surface area (Å²) in [4.78, 5) is 15.6. The van der Waals surface area contributed by atoms with Crippen molar-refractivity contribution in [2.75, 3.05) is 0 Å². The van der Waals surface area contributed by atoms with Crippen LogP contribution in [0, 0.1) is 0 Å². The molecule has 0 aliphatic rings. The molecule has 4 heteroatoms. The maximum Gasteiger partial charge on any atom is 0.165 e. The van der Waals surface area contributed by atoms with Crippen molar-refractivity contribution >= 4 is 43.5 Å². The smallest absolute Gasteiger partial charge is 0.165 e. The van der Waals surface area contributed by atoms with Gasteiger partial charge in [0.15, 0.2) is 17.5 Å². The average molecular weight is 652 g/mol. The molecule has 0 spiro atoms. The van der Waals surface area contributed by atoms with Crippen molar-refractivity contribution in [1.82, 2.24) is 15.0 Å². The molecule has 0 N–H and O–H groups in total. The largest absolute Gasteiger partial charge is 0.456 e. The summed E-state index contributed by atoms with van der Waals surface area (Å²) in [6, 6.07) is 61.0. The zero-order valence-electron chi connectivity index (χ0n) is 27.5. The third kappa shape index (κ3) is 5.04. The lowest BCUT2D eigenvalue weighted by Crippen LogP contribution is -2.01. The van der Waals surface area contributed by atoms with Crippen LogP contribution >= 0.6 is 0 Å². The van der Waals surface area contributed by atoms with Crippen LogP contribution in [-0.4, -0.2) is 15.0 Å². The fraction of sp³-hybridized carbons (Fsp3) is 0. The number of fused-ring (bicyclic) bond motifs is 6. The van der Waals surface area contributed by atoms with E-state index in [1.807, 2.05) is 54.6 Å². The Morgan fingerprint density at radius 3 is 1.59 bits per heavy atom. The molecule has 238 valence electrons. The topological polar surface area (TPSA) is 51.8 Å². The molecule has 10 rings (SSSR count). The molecule has 0 saturated carbocycles. The lowest BCUT2D eigenvalue weighted by Gasteiger charge is -2.14. The van der Waals surface area contributed by atoms with Gasteiger partial charge in [-0.1, -0.05) is 146 Å². The summed E-state index contributed by atoms with van der Waals surface area (Å²) in [5.41, 5.74) is 8.93. The second kappa shape index (κ2) is 11.9. The number of furan rings is 1. The third-order valence-electron chi connectivity index (χ3n) is 9.72. The predicted molar refractivity (Wildman–Crippen MR) is 209 cm³/mol. The van der Waals surface area contributed by atoms with Gasteiger partial charge in [-0.15, -0.1) is 0 Å². The highest BCUT2D eigenvalue weighted by atomic mass is 16.3. The Hall–Kier alpha value is -6.91. The Kier molecular flexibility index (Phi) is 6.78. The van der Waals surface area contributed by atoms with Crippen molar-refractivity contribution in [1.29, 1.82) is 0 Å². The Bertz CT molecular complexity index is 2900. The van der Waals surface area contributed by atoms with E-state index in [1.165, 1.54) is 27.3 Å². The normalized spacial score (nSPS) is 11.5. The van der Waals surface area contributed by atoms with Crippen LogP contribution in [0.4, 0.5) is 0 Å². The monoisotopic (exact) mass is 651 g/mol. The van der Waals surface area contributed by atoms with Crippen molar-refractivity contribution < 1.29 is 4.42 Å². The van der Waals surface area contributed by atoms with Gasteiger partial charge in [-0.05, 0) is 74.1 Å². The van der Waals surface area contributed by atoms with Crippen molar-refractivity contribution in [3.05, 3.63) is 176 Å². The van der Waals surface area contributed by atoms with Gasteiger partial charge in [0.1, 0.15) is 11.2 Å². The molecule has 0 aliphatic heterocycles. The summed E-state index contributed by atoms with van der Waals surface area (Å²) in [7, 11) is 0. The second-order valence-electron chi connectivity index (χ2n) is 12.8. The molecule has 2 aromatic heterocycles. The predicted octanol–water partition coefficient (Wildman–Crippen LogP) is 12.4. The molecule has 0 fully saturated rings. The second-order valence-corrected chi connectivity index (χ2v) is 12.8. The van der Waals surface area contributed by atoms with Gasteiger partial charge in [0.05, 0.1) is 0 Å². The van der Waals surface area contributed by atoms with Crippen molar-refractivity contribution in [3.63, 3.8) is 0 Å². The number of benzene rings is 8. The standard InChI is InChI=1S/C47H29N3O/c1-4-12-30(13-5-1)33-22-24-37-34(28-33)20-21-35-29-36(23-25-38(35)37)46-48-45(32-16-8-3-9-17-32)49-47(50-46)44-39(31-14-6-2-7-15-31)26-27-42-43(44)40-18-10-11-19-41(40)51-42/h1-29H. The van der Waals surface area contributed by atoms with Crippen LogP contribution in [0.2, 0.25) is 0 Å². The first-order valence-corrected chi connectivity index (χ1v) is 17.1. The molecular weight excluding hydrogens is 623 g/mol. The van der Waals surface area contributed by atoms with Crippen molar-refractivity contribution in [3.8, 4) is 56.4 Å². The summed E-state index contributed by atoms with van der Waals surface area (Å²) >= 11 is 0. The van der Waals surface area contributed by atoms with Crippen LogP contribution in [0.15, 0.2) is 180 Å². The Balaban J connectivity index is 1.20.